The molecule has 0 fully saturated rings. The Balaban J connectivity index is 1.70. The molecule has 0 bridgehead atoms. The van der Waals surface area contributed by atoms with Crippen molar-refractivity contribution >= 4 is 44.3 Å². The van der Waals surface area contributed by atoms with Crippen LogP contribution in [0.25, 0.3) is 0 Å². The lowest BCUT2D eigenvalue weighted by molar-refractivity contribution is -0.148. The van der Waals surface area contributed by atoms with Crippen LogP contribution in [0.2, 0.25) is 0 Å². The van der Waals surface area contributed by atoms with Gasteiger partial charge in [-0.25, -0.2) is 4.98 Å². The van der Waals surface area contributed by atoms with Crippen molar-refractivity contribution in [2.75, 3.05) is 11.9 Å². The highest BCUT2D eigenvalue weighted by Gasteiger charge is 2.28. The fourth-order valence-electron chi connectivity index (χ4n) is 2.69. The summed E-state index contributed by atoms with van der Waals surface area (Å²) in [6.45, 7) is 2.22. The first-order chi connectivity index (χ1) is 11.6. The molecule has 0 aliphatic heterocycles. The van der Waals surface area contributed by atoms with E-state index in [1.807, 2.05) is 19.1 Å². The van der Waals surface area contributed by atoms with Gasteiger partial charge in [0.05, 0.1) is 18.2 Å². The number of rotatable bonds is 4. The van der Waals surface area contributed by atoms with Gasteiger partial charge in [-0.1, -0.05) is 22.0 Å². The molecule has 5 nitrogen and oxygen atoms in total. The van der Waals surface area contributed by atoms with Crippen LogP contribution in [0.1, 0.15) is 34.3 Å². The number of esters is 1. The zero-order chi connectivity index (χ0) is 17.1. The molecule has 7 heteroatoms. The second kappa shape index (κ2) is 7.44. The van der Waals surface area contributed by atoms with Gasteiger partial charge in [0.15, 0.2) is 5.13 Å². The van der Waals surface area contributed by atoms with Gasteiger partial charge in [0.25, 0.3) is 5.91 Å². The number of aryl methyl sites for hydroxylation is 1. The molecule has 0 saturated heterocycles. The van der Waals surface area contributed by atoms with E-state index in [0.717, 1.165) is 27.9 Å². The Hall–Kier alpha value is -1.73. The molecule has 1 aromatic heterocycles. The van der Waals surface area contributed by atoms with E-state index in [-0.39, 0.29) is 17.8 Å². The Bertz CT molecular complexity index is 775. The average Bonchev–Trinajstić information content (AvgIpc) is 2.96. The largest absolute Gasteiger partial charge is 0.466 e. The summed E-state index contributed by atoms with van der Waals surface area (Å²) in [6.07, 6.45) is 2.12. The van der Waals surface area contributed by atoms with Crippen molar-refractivity contribution in [1.29, 1.82) is 0 Å². The van der Waals surface area contributed by atoms with Gasteiger partial charge >= 0.3 is 5.97 Å². The van der Waals surface area contributed by atoms with E-state index in [4.69, 9.17) is 4.74 Å². The minimum atomic E-state index is -0.190. The van der Waals surface area contributed by atoms with Crippen LogP contribution < -0.4 is 5.32 Å². The average molecular weight is 409 g/mol. The van der Waals surface area contributed by atoms with Crippen LogP contribution >= 0.6 is 27.3 Å². The Morgan fingerprint density at radius 3 is 3.04 bits per heavy atom. The predicted molar refractivity (Wildman–Crippen MR) is 96.4 cm³/mol. The second-order valence-corrected chi connectivity index (χ2v) is 7.54. The van der Waals surface area contributed by atoms with Crippen LogP contribution in [0.5, 0.6) is 0 Å². The number of anilines is 1. The van der Waals surface area contributed by atoms with E-state index in [1.54, 1.807) is 12.1 Å². The smallest absolute Gasteiger partial charge is 0.309 e. The fraction of sp³-hybridized carbons (Fsp3) is 0.353. The van der Waals surface area contributed by atoms with Crippen LogP contribution in [0.15, 0.2) is 28.7 Å². The number of carbonyl (C=O) groups is 2. The topological polar surface area (TPSA) is 68.3 Å². The number of hydrogen-bond acceptors (Lipinski definition) is 5. The van der Waals surface area contributed by atoms with Crippen molar-refractivity contribution in [3.05, 3.63) is 44.9 Å². The molecule has 1 aliphatic rings. The first-order valence-corrected chi connectivity index (χ1v) is 9.40. The van der Waals surface area contributed by atoms with Gasteiger partial charge in [-0.05, 0) is 44.4 Å². The minimum Gasteiger partial charge on any atom is -0.466 e. The molecule has 3 rings (SSSR count). The SMILES string of the molecule is CCOC(=O)C1CCc2nc(NC(=O)c3cccc(Br)c3)sc2C1. The number of ether oxygens (including phenoxy) is 1. The maximum atomic E-state index is 12.3. The molecule has 1 amide bonds. The summed E-state index contributed by atoms with van der Waals surface area (Å²) in [5, 5.41) is 3.42. The number of carbonyl (C=O) groups excluding carboxylic acids is 2. The molecule has 1 aromatic carbocycles. The van der Waals surface area contributed by atoms with Crippen molar-refractivity contribution in [1.82, 2.24) is 4.98 Å². The summed E-state index contributed by atoms with van der Waals surface area (Å²) in [6, 6.07) is 7.20. The number of nitrogens with one attached hydrogen (secondary N) is 1. The number of amides is 1. The van der Waals surface area contributed by atoms with Crippen LogP contribution in [0.4, 0.5) is 5.13 Å². The number of thiazole rings is 1. The zero-order valence-corrected chi connectivity index (χ0v) is 15.6. The van der Waals surface area contributed by atoms with Gasteiger partial charge < -0.3 is 4.74 Å². The van der Waals surface area contributed by atoms with E-state index in [2.05, 4.69) is 26.2 Å². The van der Waals surface area contributed by atoms with Crippen molar-refractivity contribution in [3.8, 4) is 0 Å². The highest BCUT2D eigenvalue weighted by atomic mass is 79.9. The molecule has 24 heavy (non-hydrogen) atoms. The van der Waals surface area contributed by atoms with E-state index in [0.29, 0.717) is 23.7 Å². The van der Waals surface area contributed by atoms with Gasteiger partial charge in [-0.15, -0.1) is 11.3 Å². The number of benzene rings is 1. The third-order valence-electron chi connectivity index (χ3n) is 3.87. The molecule has 1 N–H and O–H groups in total. The van der Waals surface area contributed by atoms with E-state index in [1.165, 1.54) is 11.3 Å². The normalized spacial score (nSPS) is 16.3. The Labute approximate surface area is 152 Å². The molecular weight excluding hydrogens is 392 g/mol. The standard InChI is InChI=1S/C17H17BrN2O3S/c1-2-23-16(22)11-6-7-13-14(9-11)24-17(19-13)20-15(21)10-4-3-5-12(18)8-10/h3-5,8,11H,2,6-7,9H2,1H3,(H,19,20,21). The summed E-state index contributed by atoms with van der Waals surface area (Å²) in [7, 11) is 0. The maximum Gasteiger partial charge on any atom is 0.309 e. The lowest BCUT2D eigenvalue weighted by Crippen LogP contribution is -2.24. The molecule has 1 atom stereocenters. The van der Waals surface area contributed by atoms with Crippen molar-refractivity contribution in [2.45, 2.75) is 26.2 Å². The maximum absolute atomic E-state index is 12.3. The molecular formula is C17H17BrN2O3S. The molecule has 126 valence electrons. The molecule has 0 spiro atoms. The highest BCUT2D eigenvalue weighted by Crippen LogP contribution is 2.33. The first-order valence-electron chi connectivity index (χ1n) is 7.79. The molecule has 1 heterocycles. The highest BCUT2D eigenvalue weighted by molar-refractivity contribution is 9.10. The number of halogens is 1. The Morgan fingerprint density at radius 1 is 1.46 bits per heavy atom. The zero-order valence-electron chi connectivity index (χ0n) is 13.2. The van der Waals surface area contributed by atoms with Crippen LogP contribution in [0.3, 0.4) is 0 Å². The number of fused-ring (bicyclic) bond motifs is 1. The first kappa shape index (κ1) is 17.1. The summed E-state index contributed by atoms with van der Waals surface area (Å²) in [4.78, 5) is 29.8. The lowest BCUT2D eigenvalue weighted by atomic mass is 9.91. The van der Waals surface area contributed by atoms with Crippen molar-refractivity contribution in [3.63, 3.8) is 0 Å². The van der Waals surface area contributed by atoms with Gasteiger partial charge in [0, 0.05) is 14.9 Å². The van der Waals surface area contributed by atoms with Gasteiger partial charge in [-0.2, -0.15) is 0 Å². The van der Waals surface area contributed by atoms with Crippen molar-refractivity contribution < 1.29 is 14.3 Å². The quantitative estimate of drug-likeness (QED) is 0.780. The van der Waals surface area contributed by atoms with Crippen LogP contribution in [-0.2, 0) is 22.4 Å². The third kappa shape index (κ3) is 3.84. The number of nitrogens with zero attached hydrogens (tertiary/aromatic N) is 1. The molecule has 2 aromatic rings. The molecule has 0 radical (unpaired) electrons. The lowest BCUT2D eigenvalue weighted by Gasteiger charge is -2.18. The Kier molecular flexibility index (Phi) is 5.30. The Morgan fingerprint density at radius 2 is 2.29 bits per heavy atom. The summed E-state index contributed by atoms with van der Waals surface area (Å²) < 4.78 is 5.96. The summed E-state index contributed by atoms with van der Waals surface area (Å²) in [5.41, 5.74) is 1.55. The van der Waals surface area contributed by atoms with Gasteiger partial charge in [0.2, 0.25) is 0 Å². The van der Waals surface area contributed by atoms with E-state index >= 15 is 0 Å². The summed E-state index contributed by atoms with van der Waals surface area (Å²) in [5.74, 6) is -0.438. The fourth-order valence-corrected chi connectivity index (χ4v) is 4.17. The second-order valence-electron chi connectivity index (χ2n) is 5.55. The minimum absolute atomic E-state index is 0.105. The number of aromatic nitrogens is 1. The summed E-state index contributed by atoms with van der Waals surface area (Å²) >= 11 is 4.80. The van der Waals surface area contributed by atoms with Crippen LogP contribution in [0, 0.1) is 5.92 Å². The number of hydrogen-bond donors (Lipinski definition) is 1. The molecule has 1 unspecified atom stereocenters. The van der Waals surface area contributed by atoms with Crippen LogP contribution in [-0.4, -0.2) is 23.5 Å². The molecule has 1 aliphatic carbocycles. The van der Waals surface area contributed by atoms with Crippen molar-refractivity contribution in [2.24, 2.45) is 5.92 Å². The predicted octanol–water partition coefficient (Wildman–Crippen LogP) is 3.83. The van der Waals surface area contributed by atoms with E-state index in [9.17, 15) is 9.59 Å². The van der Waals surface area contributed by atoms with E-state index < -0.39 is 0 Å². The monoisotopic (exact) mass is 408 g/mol. The third-order valence-corrected chi connectivity index (χ3v) is 5.40. The molecule has 0 saturated carbocycles. The van der Waals surface area contributed by atoms with Gasteiger partial charge in [0.1, 0.15) is 0 Å². The van der Waals surface area contributed by atoms with Gasteiger partial charge in [-0.3, -0.25) is 14.9 Å².